The minimum atomic E-state index is 0.255. The molecule has 2 aliphatic heterocycles. The van der Waals surface area contributed by atoms with Crippen molar-refractivity contribution < 1.29 is 4.79 Å². The van der Waals surface area contributed by atoms with Crippen LogP contribution in [0.2, 0.25) is 0 Å². The Balaban J connectivity index is 1.89. The number of likely N-dealkylation sites (tertiary alicyclic amines) is 2. The normalized spacial score (nSPS) is 26.8. The molecule has 4 heteroatoms. The summed E-state index contributed by atoms with van der Waals surface area (Å²) in [6.45, 7) is 4.40. The zero-order chi connectivity index (χ0) is 12.1. The highest BCUT2D eigenvalue weighted by Gasteiger charge is 2.26. The SMILES string of the molecule is NCC1CCCN(C(=O)N2CCCCCC2)C1. The monoisotopic (exact) mass is 239 g/mol. The second kappa shape index (κ2) is 6.24. The van der Waals surface area contributed by atoms with Crippen molar-refractivity contribution in [2.24, 2.45) is 11.7 Å². The van der Waals surface area contributed by atoms with Gasteiger partial charge in [-0.05, 0) is 38.1 Å². The molecule has 1 atom stereocenters. The lowest BCUT2D eigenvalue weighted by Crippen LogP contribution is -2.48. The third-order valence-electron chi connectivity index (χ3n) is 4.00. The second-order valence-corrected chi connectivity index (χ2v) is 5.37. The number of nitrogens with two attached hydrogens (primary N) is 1. The van der Waals surface area contributed by atoms with Crippen molar-refractivity contribution in [1.29, 1.82) is 0 Å². The lowest BCUT2D eigenvalue weighted by atomic mass is 9.99. The summed E-state index contributed by atoms with van der Waals surface area (Å²) in [6, 6.07) is 0.255. The Bertz CT molecular complexity index is 249. The number of urea groups is 1. The fourth-order valence-corrected chi connectivity index (χ4v) is 2.89. The van der Waals surface area contributed by atoms with Gasteiger partial charge in [0.05, 0.1) is 0 Å². The van der Waals surface area contributed by atoms with E-state index >= 15 is 0 Å². The van der Waals surface area contributed by atoms with Crippen molar-refractivity contribution >= 4 is 6.03 Å². The maximum Gasteiger partial charge on any atom is 0.320 e. The Morgan fingerprint density at radius 3 is 2.29 bits per heavy atom. The minimum absolute atomic E-state index is 0.255. The highest BCUT2D eigenvalue weighted by molar-refractivity contribution is 5.74. The van der Waals surface area contributed by atoms with Gasteiger partial charge in [-0.15, -0.1) is 0 Å². The van der Waals surface area contributed by atoms with Crippen molar-refractivity contribution in [1.82, 2.24) is 9.80 Å². The first-order chi connectivity index (χ1) is 8.31. The number of piperidine rings is 1. The highest BCUT2D eigenvalue weighted by Crippen LogP contribution is 2.18. The fourth-order valence-electron chi connectivity index (χ4n) is 2.89. The van der Waals surface area contributed by atoms with E-state index in [0.29, 0.717) is 12.5 Å². The third-order valence-corrected chi connectivity index (χ3v) is 4.00. The van der Waals surface area contributed by atoms with Crippen LogP contribution in [-0.2, 0) is 0 Å². The van der Waals surface area contributed by atoms with E-state index in [1.165, 1.54) is 32.1 Å². The van der Waals surface area contributed by atoms with Gasteiger partial charge in [-0.2, -0.15) is 0 Å². The van der Waals surface area contributed by atoms with Gasteiger partial charge in [0, 0.05) is 26.2 Å². The predicted octanol–water partition coefficient (Wildman–Crippen LogP) is 1.65. The molecule has 0 aliphatic carbocycles. The lowest BCUT2D eigenvalue weighted by molar-refractivity contribution is 0.130. The number of nitrogens with zero attached hydrogens (tertiary/aromatic N) is 2. The van der Waals surface area contributed by atoms with Gasteiger partial charge in [0.15, 0.2) is 0 Å². The average molecular weight is 239 g/mol. The van der Waals surface area contributed by atoms with Gasteiger partial charge in [-0.25, -0.2) is 4.79 Å². The topological polar surface area (TPSA) is 49.6 Å². The van der Waals surface area contributed by atoms with Crippen LogP contribution in [0.1, 0.15) is 38.5 Å². The molecule has 0 radical (unpaired) electrons. The van der Waals surface area contributed by atoms with Crippen LogP contribution in [0.4, 0.5) is 4.79 Å². The molecule has 2 aliphatic rings. The molecule has 0 aromatic rings. The largest absolute Gasteiger partial charge is 0.330 e. The molecule has 0 bridgehead atoms. The molecule has 2 amide bonds. The second-order valence-electron chi connectivity index (χ2n) is 5.37. The van der Waals surface area contributed by atoms with Crippen LogP contribution in [0.25, 0.3) is 0 Å². The molecule has 2 saturated heterocycles. The molecule has 4 nitrogen and oxygen atoms in total. The molecule has 98 valence electrons. The van der Waals surface area contributed by atoms with Crippen molar-refractivity contribution in [3.8, 4) is 0 Å². The van der Waals surface area contributed by atoms with Crippen LogP contribution < -0.4 is 5.73 Å². The zero-order valence-corrected chi connectivity index (χ0v) is 10.7. The molecule has 1 unspecified atom stereocenters. The lowest BCUT2D eigenvalue weighted by Gasteiger charge is -2.35. The summed E-state index contributed by atoms with van der Waals surface area (Å²) in [6.07, 6.45) is 7.17. The van der Waals surface area contributed by atoms with Crippen LogP contribution in [0.5, 0.6) is 0 Å². The van der Waals surface area contributed by atoms with Crippen molar-refractivity contribution in [3.63, 3.8) is 0 Å². The summed E-state index contributed by atoms with van der Waals surface area (Å²) in [5, 5.41) is 0. The number of rotatable bonds is 1. The first-order valence-electron chi connectivity index (χ1n) is 7.05. The van der Waals surface area contributed by atoms with Gasteiger partial charge in [0.2, 0.25) is 0 Å². The number of carbonyl (C=O) groups excluding carboxylic acids is 1. The van der Waals surface area contributed by atoms with Crippen molar-refractivity contribution in [3.05, 3.63) is 0 Å². The van der Waals surface area contributed by atoms with Gasteiger partial charge in [-0.1, -0.05) is 12.8 Å². The minimum Gasteiger partial charge on any atom is -0.330 e. The van der Waals surface area contributed by atoms with Crippen LogP contribution in [0, 0.1) is 5.92 Å². The van der Waals surface area contributed by atoms with Gasteiger partial charge < -0.3 is 15.5 Å². The van der Waals surface area contributed by atoms with E-state index in [0.717, 1.165) is 32.6 Å². The van der Waals surface area contributed by atoms with Gasteiger partial charge >= 0.3 is 6.03 Å². The molecule has 0 spiro atoms. The van der Waals surface area contributed by atoms with Gasteiger partial charge in [-0.3, -0.25) is 0 Å². The van der Waals surface area contributed by atoms with E-state index in [1.807, 2.05) is 9.80 Å². The first-order valence-corrected chi connectivity index (χ1v) is 7.05. The van der Waals surface area contributed by atoms with Crippen LogP contribution in [-0.4, -0.2) is 48.6 Å². The Morgan fingerprint density at radius 1 is 1.00 bits per heavy atom. The smallest absolute Gasteiger partial charge is 0.320 e. The molecule has 2 rings (SSSR count). The number of amides is 2. The van der Waals surface area contributed by atoms with Crippen molar-refractivity contribution in [2.75, 3.05) is 32.7 Å². The van der Waals surface area contributed by atoms with E-state index in [4.69, 9.17) is 5.73 Å². The molecule has 0 aromatic carbocycles. The summed E-state index contributed by atoms with van der Waals surface area (Å²) < 4.78 is 0. The summed E-state index contributed by atoms with van der Waals surface area (Å²) in [7, 11) is 0. The van der Waals surface area contributed by atoms with E-state index < -0.39 is 0 Å². The molecule has 2 heterocycles. The van der Waals surface area contributed by atoms with Crippen LogP contribution in [0.3, 0.4) is 0 Å². The van der Waals surface area contributed by atoms with Crippen LogP contribution in [0.15, 0.2) is 0 Å². The highest BCUT2D eigenvalue weighted by atomic mass is 16.2. The average Bonchev–Trinajstić information content (AvgIpc) is 2.67. The van der Waals surface area contributed by atoms with E-state index in [-0.39, 0.29) is 6.03 Å². The molecule has 0 saturated carbocycles. The molecular formula is C13H25N3O. The molecule has 17 heavy (non-hydrogen) atoms. The molecule has 2 N–H and O–H groups in total. The first kappa shape index (κ1) is 12.7. The molecule has 0 aromatic heterocycles. The Hall–Kier alpha value is -0.770. The Morgan fingerprint density at radius 2 is 1.65 bits per heavy atom. The third kappa shape index (κ3) is 3.35. The maximum atomic E-state index is 12.4. The Labute approximate surface area is 104 Å². The van der Waals surface area contributed by atoms with Crippen molar-refractivity contribution in [2.45, 2.75) is 38.5 Å². The summed E-state index contributed by atoms with van der Waals surface area (Å²) in [5.41, 5.74) is 5.72. The standard InChI is InChI=1S/C13H25N3O/c14-10-12-6-5-9-16(11-12)13(17)15-7-3-1-2-4-8-15/h12H,1-11,14H2. The number of carbonyl (C=O) groups is 1. The van der Waals surface area contributed by atoms with E-state index in [2.05, 4.69) is 0 Å². The number of hydrogen-bond donors (Lipinski definition) is 1. The molecular weight excluding hydrogens is 214 g/mol. The summed E-state index contributed by atoms with van der Waals surface area (Å²) in [5.74, 6) is 0.514. The summed E-state index contributed by atoms with van der Waals surface area (Å²) >= 11 is 0. The number of hydrogen-bond acceptors (Lipinski definition) is 2. The van der Waals surface area contributed by atoms with Gasteiger partial charge in [0.25, 0.3) is 0 Å². The van der Waals surface area contributed by atoms with Gasteiger partial charge in [0.1, 0.15) is 0 Å². The predicted molar refractivity (Wildman–Crippen MR) is 68.8 cm³/mol. The van der Waals surface area contributed by atoms with E-state index in [9.17, 15) is 4.79 Å². The van der Waals surface area contributed by atoms with E-state index in [1.54, 1.807) is 0 Å². The fraction of sp³-hybridized carbons (Fsp3) is 0.923. The quantitative estimate of drug-likeness (QED) is 0.756. The zero-order valence-electron chi connectivity index (χ0n) is 10.7. The summed E-state index contributed by atoms with van der Waals surface area (Å²) in [4.78, 5) is 16.4. The van der Waals surface area contributed by atoms with Crippen LogP contribution >= 0.6 is 0 Å². The molecule has 2 fully saturated rings. The maximum absolute atomic E-state index is 12.4. The Kier molecular flexibility index (Phi) is 4.66.